The third kappa shape index (κ3) is 5.65. The average Bonchev–Trinajstić information content (AvgIpc) is 3.54. The molecule has 1 saturated carbocycles. The van der Waals surface area contributed by atoms with Crippen molar-refractivity contribution in [1.82, 2.24) is 19.8 Å². The molecule has 1 aromatic heterocycles. The van der Waals surface area contributed by atoms with Crippen molar-refractivity contribution in [3.8, 4) is 5.75 Å². The van der Waals surface area contributed by atoms with E-state index in [4.69, 9.17) is 9.47 Å². The number of imidazole rings is 1. The van der Waals surface area contributed by atoms with Gasteiger partial charge in [-0.05, 0) is 68.6 Å². The van der Waals surface area contributed by atoms with E-state index in [-0.39, 0.29) is 17.6 Å². The number of benzene rings is 2. The van der Waals surface area contributed by atoms with Crippen LogP contribution >= 0.6 is 0 Å². The zero-order valence-corrected chi connectivity index (χ0v) is 21.0. The molecule has 1 aliphatic carbocycles. The minimum Gasteiger partial charge on any atom is -0.492 e. The molecule has 2 heterocycles. The summed E-state index contributed by atoms with van der Waals surface area (Å²) >= 11 is 0. The Labute approximate surface area is 211 Å². The zero-order valence-electron chi connectivity index (χ0n) is 21.0. The predicted molar refractivity (Wildman–Crippen MR) is 140 cm³/mol. The smallest absolute Gasteiger partial charge is 0.326 e. The van der Waals surface area contributed by atoms with Crippen LogP contribution in [-0.4, -0.2) is 59.8 Å². The molecule has 36 heavy (non-hydrogen) atoms. The van der Waals surface area contributed by atoms with Gasteiger partial charge in [-0.25, -0.2) is 4.79 Å². The summed E-state index contributed by atoms with van der Waals surface area (Å²) in [6.07, 6.45) is 6.52. The van der Waals surface area contributed by atoms with Crippen LogP contribution in [0.15, 0.2) is 47.3 Å². The maximum absolute atomic E-state index is 12.8. The Morgan fingerprint density at radius 1 is 1.14 bits per heavy atom. The summed E-state index contributed by atoms with van der Waals surface area (Å²) in [5.74, 6) is 0.630. The Morgan fingerprint density at radius 3 is 2.75 bits per heavy atom. The van der Waals surface area contributed by atoms with Crippen molar-refractivity contribution in [2.45, 2.75) is 57.2 Å². The number of aromatic amines is 1. The number of likely N-dealkylation sites (N-methyl/N-ethyl adjacent to an activating group) is 1. The number of H-pyrrole nitrogens is 1. The lowest BCUT2D eigenvalue weighted by Gasteiger charge is -2.31. The molecule has 3 aromatic rings. The fraction of sp³-hybridized carbons (Fsp3) is 0.500. The molecule has 2 fully saturated rings. The normalized spacial score (nSPS) is 17.2. The van der Waals surface area contributed by atoms with Crippen molar-refractivity contribution in [1.29, 1.82) is 0 Å². The van der Waals surface area contributed by atoms with Gasteiger partial charge in [-0.1, -0.05) is 25.0 Å². The predicted octanol–water partition coefficient (Wildman–Crippen LogP) is 3.86. The summed E-state index contributed by atoms with van der Waals surface area (Å²) < 4.78 is 13.3. The first-order chi connectivity index (χ1) is 17.6. The summed E-state index contributed by atoms with van der Waals surface area (Å²) in [4.78, 5) is 30.6. The Morgan fingerprint density at radius 2 is 1.94 bits per heavy atom. The van der Waals surface area contributed by atoms with Crippen molar-refractivity contribution in [3.05, 3.63) is 64.1 Å². The van der Waals surface area contributed by atoms with Gasteiger partial charge in [-0.15, -0.1) is 0 Å². The molecule has 1 aliphatic heterocycles. The lowest BCUT2D eigenvalue weighted by atomic mass is 10.1. The van der Waals surface area contributed by atoms with E-state index < -0.39 is 0 Å². The molecule has 0 radical (unpaired) electrons. The van der Waals surface area contributed by atoms with Gasteiger partial charge in [-0.3, -0.25) is 14.3 Å². The second-order valence-corrected chi connectivity index (χ2v) is 9.97. The highest BCUT2D eigenvalue weighted by molar-refractivity contribution is 5.97. The van der Waals surface area contributed by atoms with Gasteiger partial charge in [0.25, 0.3) is 5.91 Å². The van der Waals surface area contributed by atoms with Crippen LogP contribution in [0.4, 0.5) is 0 Å². The Kier molecular flexibility index (Phi) is 7.72. The molecule has 2 N–H and O–H groups in total. The summed E-state index contributed by atoms with van der Waals surface area (Å²) in [6.45, 7) is 3.54. The van der Waals surface area contributed by atoms with E-state index in [0.717, 1.165) is 75.1 Å². The van der Waals surface area contributed by atoms with E-state index in [2.05, 4.69) is 22.2 Å². The van der Waals surface area contributed by atoms with Crippen molar-refractivity contribution in [2.24, 2.45) is 0 Å². The van der Waals surface area contributed by atoms with E-state index in [0.29, 0.717) is 30.3 Å². The first kappa shape index (κ1) is 24.6. The number of hydrogen-bond donors (Lipinski definition) is 2. The number of aromatic nitrogens is 2. The van der Waals surface area contributed by atoms with Gasteiger partial charge >= 0.3 is 5.69 Å². The fourth-order valence-electron chi connectivity index (χ4n) is 5.44. The van der Waals surface area contributed by atoms with Crippen LogP contribution in [0.5, 0.6) is 5.75 Å². The summed E-state index contributed by atoms with van der Waals surface area (Å²) in [6, 6.07) is 14.1. The number of carbonyl (C=O) groups is 1. The Hall–Kier alpha value is -3.10. The van der Waals surface area contributed by atoms with Crippen molar-refractivity contribution in [2.75, 3.05) is 33.4 Å². The van der Waals surface area contributed by atoms with E-state index in [9.17, 15) is 9.59 Å². The number of hydrogen-bond acceptors (Lipinski definition) is 5. The molecule has 0 unspecified atom stereocenters. The minimum atomic E-state index is -0.171. The van der Waals surface area contributed by atoms with Crippen LogP contribution in [0, 0.1) is 0 Å². The third-order valence-electron chi connectivity index (χ3n) is 7.55. The molecule has 1 saturated heterocycles. The molecule has 2 aliphatic rings. The van der Waals surface area contributed by atoms with Crippen LogP contribution < -0.4 is 15.7 Å². The number of amides is 1. The van der Waals surface area contributed by atoms with E-state index >= 15 is 0 Å². The highest BCUT2D eigenvalue weighted by Gasteiger charge is 2.22. The van der Waals surface area contributed by atoms with Crippen molar-refractivity contribution in [3.63, 3.8) is 0 Å². The van der Waals surface area contributed by atoms with Gasteiger partial charge in [0.05, 0.1) is 11.0 Å². The highest BCUT2D eigenvalue weighted by Crippen LogP contribution is 2.30. The monoisotopic (exact) mass is 492 g/mol. The van der Waals surface area contributed by atoms with Gasteiger partial charge in [0, 0.05) is 44.0 Å². The molecule has 0 spiro atoms. The number of nitrogens with zero attached hydrogens (tertiary/aromatic N) is 2. The molecule has 5 rings (SSSR count). The van der Waals surface area contributed by atoms with Crippen LogP contribution in [0.3, 0.4) is 0 Å². The molecule has 0 bridgehead atoms. The molecular weight excluding hydrogens is 456 g/mol. The van der Waals surface area contributed by atoms with Gasteiger partial charge in [0.2, 0.25) is 0 Å². The molecule has 2 aromatic carbocycles. The standard InChI is InChI=1S/C28H36N4O4/c1-31(22-11-14-35-15-12-22)13-16-36-24-8-4-5-20(17-24)19-29-27(33)21-9-10-26-25(18-21)30-28(34)32(26)23-6-2-3-7-23/h4-5,8-10,17-18,22-23H,2-3,6-7,11-16,19H2,1H3,(H,29,33)(H,30,34). The van der Waals surface area contributed by atoms with E-state index in [1.165, 1.54) is 0 Å². The van der Waals surface area contributed by atoms with Gasteiger partial charge in [-0.2, -0.15) is 0 Å². The van der Waals surface area contributed by atoms with E-state index in [1.807, 2.05) is 34.9 Å². The zero-order chi connectivity index (χ0) is 24.9. The SMILES string of the molecule is CN(CCOc1cccc(CNC(=O)c2ccc3c(c2)[nH]c(=O)n3C2CCCC2)c1)C1CCOCC1. The summed E-state index contributed by atoms with van der Waals surface area (Å²) in [5, 5.41) is 2.99. The number of nitrogens with one attached hydrogen (secondary N) is 2. The van der Waals surface area contributed by atoms with Crippen molar-refractivity contribution < 1.29 is 14.3 Å². The van der Waals surface area contributed by atoms with Gasteiger partial charge in [0.15, 0.2) is 0 Å². The first-order valence-electron chi connectivity index (χ1n) is 13.1. The third-order valence-corrected chi connectivity index (χ3v) is 7.55. The minimum absolute atomic E-state index is 0.0924. The lowest BCUT2D eigenvalue weighted by Crippen LogP contribution is -2.38. The average molecular weight is 493 g/mol. The number of carbonyl (C=O) groups excluding carboxylic acids is 1. The van der Waals surface area contributed by atoms with Crippen LogP contribution in [0.25, 0.3) is 11.0 Å². The van der Waals surface area contributed by atoms with Crippen LogP contribution in [0.2, 0.25) is 0 Å². The van der Waals surface area contributed by atoms with Crippen molar-refractivity contribution >= 4 is 16.9 Å². The van der Waals surface area contributed by atoms with Gasteiger partial charge < -0.3 is 19.8 Å². The molecular formula is C28H36N4O4. The quantitative estimate of drug-likeness (QED) is 0.474. The van der Waals surface area contributed by atoms with Gasteiger partial charge in [0.1, 0.15) is 12.4 Å². The number of fused-ring (bicyclic) bond motifs is 1. The van der Waals surface area contributed by atoms with Crippen LogP contribution in [-0.2, 0) is 11.3 Å². The summed E-state index contributed by atoms with van der Waals surface area (Å²) in [7, 11) is 2.14. The second-order valence-electron chi connectivity index (χ2n) is 9.97. The number of ether oxygens (including phenoxy) is 2. The largest absolute Gasteiger partial charge is 0.492 e. The Bertz CT molecular complexity index is 1240. The molecule has 8 nitrogen and oxygen atoms in total. The maximum atomic E-state index is 12.8. The van der Waals surface area contributed by atoms with E-state index in [1.54, 1.807) is 12.1 Å². The maximum Gasteiger partial charge on any atom is 0.326 e. The second kappa shape index (κ2) is 11.3. The fourth-order valence-corrected chi connectivity index (χ4v) is 5.44. The lowest BCUT2D eigenvalue weighted by molar-refractivity contribution is 0.0392. The number of rotatable bonds is 9. The highest BCUT2D eigenvalue weighted by atomic mass is 16.5. The first-order valence-corrected chi connectivity index (χ1v) is 13.1. The molecule has 1 amide bonds. The topological polar surface area (TPSA) is 88.6 Å². The summed E-state index contributed by atoms with van der Waals surface area (Å²) in [5.41, 5.74) is 2.99. The molecule has 0 atom stereocenters. The molecule has 8 heteroatoms. The Balaban J connectivity index is 1.15. The molecule has 192 valence electrons. The van der Waals surface area contributed by atoms with Crippen LogP contribution in [0.1, 0.15) is 60.5 Å².